The van der Waals surface area contributed by atoms with Crippen molar-refractivity contribution in [1.29, 1.82) is 0 Å². The fourth-order valence-corrected chi connectivity index (χ4v) is 1.55. The van der Waals surface area contributed by atoms with Crippen molar-refractivity contribution in [2.24, 2.45) is 5.10 Å². The highest BCUT2D eigenvalue weighted by Crippen LogP contribution is 2.08. The number of halogens is 1. The molecule has 0 amide bonds. The second kappa shape index (κ2) is 5.96. The first-order valence-corrected chi connectivity index (χ1v) is 5.91. The molecule has 0 aliphatic rings. The smallest absolute Gasteiger partial charge is 0.123 e. The van der Waals surface area contributed by atoms with E-state index in [2.05, 4.69) is 29.6 Å². The summed E-state index contributed by atoms with van der Waals surface area (Å²) in [5, 5.41) is 4.10. The van der Waals surface area contributed by atoms with Crippen LogP contribution in [0.3, 0.4) is 0 Å². The van der Waals surface area contributed by atoms with Crippen LogP contribution >= 0.6 is 0 Å². The molecular weight excluding hydrogens is 227 g/mol. The van der Waals surface area contributed by atoms with Crippen LogP contribution in [0.1, 0.15) is 18.1 Å². The average Bonchev–Trinajstić information content (AvgIpc) is 2.42. The van der Waals surface area contributed by atoms with Gasteiger partial charge in [0.25, 0.3) is 0 Å². The van der Waals surface area contributed by atoms with Crippen molar-refractivity contribution in [1.82, 2.24) is 0 Å². The summed E-state index contributed by atoms with van der Waals surface area (Å²) in [5.74, 6) is -0.250. The Morgan fingerprint density at radius 1 is 1.06 bits per heavy atom. The highest BCUT2D eigenvalue weighted by molar-refractivity contribution is 5.80. The van der Waals surface area contributed by atoms with Crippen molar-refractivity contribution in [3.05, 3.63) is 65.5 Å². The Morgan fingerprint density at radius 2 is 1.72 bits per heavy atom. The molecule has 2 aromatic rings. The van der Waals surface area contributed by atoms with Gasteiger partial charge in [-0.2, -0.15) is 5.10 Å². The Kier molecular flexibility index (Phi) is 4.07. The lowest BCUT2D eigenvalue weighted by Gasteiger charge is -2.00. The maximum Gasteiger partial charge on any atom is 0.123 e. The molecule has 2 aromatic carbocycles. The molecule has 0 heterocycles. The number of hydrogen-bond donors (Lipinski definition) is 1. The number of anilines is 1. The zero-order chi connectivity index (χ0) is 12.8. The van der Waals surface area contributed by atoms with Crippen LogP contribution in [0, 0.1) is 5.82 Å². The maximum absolute atomic E-state index is 12.7. The summed E-state index contributed by atoms with van der Waals surface area (Å²) in [6.07, 6.45) is 2.77. The van der Waals surface area contributed by atoms with Gasteiger partial charge in [0, 0.05) is 0 Å². The highest BCUT2D eigenvalue weighted by atomic mass is 19.1. The third kappa shape index (κ3) is 3.42. The van der Waals surface area contributed by atoms with Crippen molar-refractivity contribution in [2.45, 2.75) is 13.3 Å². The van der Waals surface area contributed by atoms with Crippen LogP contribution in [0.25, 0.3) is 0 Å². The van der Waals surface area contributed by atoms with E-state index in [-0.39, 0.29) is 5.82 Å². The first kappa shape index (κ1) is 12.3. The van der Waals surface area contributed by atoms with E-state index in [1.807, 2.05) is 12.1 Å². The number of rotatable bonds is 4. The monoisotopic (exact) mass is 242 g/mol. The Balaban J connectivity index is 1.96. The van der Waals surface area contributed by atoms with Crippen LogP contribution < -0.4 is 5.43 Å². The van der Waals surface area contributed by atoms with Gasteiger partial charge in [0.05, 0.1) is 11.9 Å². The second-order valence-electron chi connectivity index (χ2n) is 3.97. The first-order valence-electron chi connectivity index (χ1n) is 5.91. The number of hydrogen-bond acceptors (Lipinski definition) is 2. The van der Waals surface area contributed by atoms with Crippen molar-refractivity contribution >= 4 is 11.9 Å². The van der Waals surface area contributed by atoms with E-state index in [1.54, 1.807) is 18.3 Å². The van der Waals surface area contributed by atoms with E-state index >= 15 is 0 Å². The summed E-state index contributed by atoms with van der Waals surface area (Å²) >= 11 is 0. The topological polar surface area (TPSA) is 24.4 Å². The molecule has 0 spiro atoms. The zero-order valence-electron chi connectivity index (χ0n) is 10.2. The largest absolute Gasteiger partial charge is 0.279 e. The molecule has 0 saturated carbocycles. The van der Waals surface area contributed by atoms with E-state index < -0.39 is 0 Å². The summed E-state index contributed by atoms with van der Waals surface area (Å²) in [7, 11) is 0. The summed E-state index contributed by atoms with van der Waals surface area (Å²) in [4.78, 5) is 0. The lowest BCUT2D eigenvalue weighted by molar-refractivity contribution is 0.628. The van der Waals surface area contributed by atoms with Crippen molar-refractivity contribution in [2.75, 3.05) is 5.43 Å². The van der Waals surface area contributed by atoms with Gasteiger partial charge in [0.1, 0.15) is 5.82 Å². The van der Waals surface area contributed by atoms with E-state index in [4.69, 9.17) is 0 Å². The van der Waals surface area contributed by atoms with Crippen molar-refractivity contribution < 1.29 is 4.39 Å². The minimum Gasteiger partial charge on any atom is -0.279 e. The van der Waals surface area contributed by atoms with E-state index in [1.165, 1.54) is 17.7 Å². The van der Waals surface area contributed by atoms with Gasteiger partial charge >= 0.3 is 0 Å². The molecule has 0 radical (unpaired) electrons. The predicted molar refractivity (Wildman–Crippen MR) is 73.4 cm³/mol. The van der Waals surface area contributed by atoms with E-state index in [0.29, 0.717) is 0 Å². The number of aryl methyl sites for hydroxylation is 1. The normalized spacial score (nSPS) is 10.8. The summed E-state index contributed by atoms with van der Waals surface area (Å²) in [6, 6.07) is 14.3. The Labute approximate surface area is 106 Å². The lowest BCUT2D eigenvalue weighted by atomic mass is 10.1. The molecule has 0 unspecified atom stereocenters. The van der Waals surface area contributed by atoms with Crippen LogP contribution in [-0.2, 0) is 6.42 Å². The maximum atomic E-state index is 12.7. The van der Waals surface area contributed by atoms with Gasteiger partial charge in [-0.1, -0.05) is 31.2 Å². The summed E-state index contributed by atoms with van der Waals surface area (Å²) in [5.41, 5.74) is 5.95. The highest BCUT2D eigenvalue weighted by Gasteiger charge is 1.91. The average molecular weight is 242 g/mol. The molecule has 1 N–H and O–H groups in total. The Morgan fingerprint density at radius 3 is 2.33 bits per heavy atom. The number of hydrazone groups is 1. The number of nitrogens with one attached hydrogen (secondary N) is 1. The van der Waals surface area contributed by atoms with Gasteiger partial charge in [-0.25, -0.2) is 4.39 Å². The molecule has 0 atom stereocenters. The van der Waals surface area contributed by atoms with Crippen LogP contribution in [0.2, 0.25) is 0 Å². The zero-order valence-corrected chi connectivity index (χ0v) is 10.2. The molecule has 3 heteroatoms. The fourth-order valence-electron chi connectivity index (χ4n) is 1.55. The molecule has 0 aliphatic heterocycles. The van der Waals surface area contributed by atoms with Crippen LogP contribution in [0.4, 0.5) is 10.1 Å². The van der Waals surface area contributed by atoms with Crippen molar-refractivity contribution in [3.8, 4) is 0 Å². The van der Waals surface area contributed by atoms with Gasteiger partial charge < -0.3 is 0 Å². The molecule has 0 bridgehead atoms. The quantitative estimate of drug-likeness (QED) is 0.639. The van der Waals surface area contributed by atoms with Gasteiger partial charge in [-0.3, -0.25) is 5.43 Å². The minimum atomic E-state index is -0.250. The molecule has 92 valence electrons. The van der Waals surface area contributed by atoms with E-state index in [0.717, 1.165) is 17.7 Å². The predicted octanol–water partition coefficient (Wildman–Crippen LogP) is 3.83. The molecule has 2 rings (SSSR count). The molecule has 0 saturated heterocycles. The molecule has 2 nitrogen and oxygen atoms in total. The summed E-state index contributed by atoms with van der Waals surface area (Å²) < 4.78 is 12.7. The van der Waals surface area contributed by atoms with Gasteiger partial charge in [-0.05, 0) is 41.8 Å². The van der Waals surface area contributed by atoms with E-state index in [9.17, 15) is 4.39 Å². The third-order valence-corrected chi connectivity index (χ3v) is 2.64. The SMILES string of the molecule is CCc1ccc(/C=N\Nc2ccc(F)cc2)cc1. The van der Waals surface area contributed by atoms with Crippen LogP contribution in [0.5, 0.6) is 0 Å². The van der Waals surface area contributed by atoms with Crippen LogP contribution in [-0.4, -0.2) is 6.21 Å². The van der Waals surface area contributed by atoms with Crippen molar-refractivity contribution in [3.63, 3.8) is 0 Å². The van der Waals surface area contributed by atoms with Gasteiger partial charge in [-0.15, -0.1) is 0 Å². The third-order valence-electron chi connectivity index (χ3n) is 2.64. The summed E-state index contributed by atoms with van der Waals surface area (Å²) in [6.45, 7) is 2.12. The fraction of sp³-hybridized carbons (Fsp3) is 0.133. The molecular formula is C15H15FN2. The second-order valence-corrected chi connectivity index (χ2v) is 3.97. The lowest BCUT2D eigenvalue weighted by Crippen LogP contribution is -1.91. The molecule has 0 aliphatic carbocycles. The van der Waals surface area contributed by atoms with Gasteiger partial charge in [0.2, 0.25) is 0 Å². The van der Waals surface area contributed by atoms with Crippen LogP contribution in [0.15, 0.2) is 53.6 Å². The Bertz CT molecular complexity index is 515. The number of nitrogens with zero attached hydrogens (tertiary/aromatic N) is 1. The standard InChI is InChI=1S/C15H15FN2/c1-2-12-3-5-13(6-4-12)11-17-18-15-9-7-14(16)8-10-15/h3-11,18H,2H2,1H3/b17-11-. The molecule has 18 heavy (non-hydrogen) atoms. The number of benzene rings is 2. The molecule has 0 fully saturated rings. The molecule has 0 aromatic heterocycles. The first-order chi connectivity index (χ1) is 8.78. The van der Waals surface area contributed by atoms with Gasteiger partial charge in [0.15, 0.2) is 0 Å². The minimum absolute atomic E-state index is 0.250. The Hall–Kier alpha value is -2.16.